The fraction of sp³-hybridized carbons (Fsp3) is 0.250. The van der Waals surface area contributed by atoms with Gasteiger partial charge in [0.1, 0.15) is 5.75 Å². The summed E-state index contributed by atoms with van der Waals surface area (Å²) < 4.78 is 7.58. The average Bonchev–Trinajstić information content (AvgIpc) is 2.45. The second-order valence-electron chi connectivity index (χ2n) is 4.58. The van der Waals surface area contributed by atoms with Gasteiger partial charge in [0.15, 0.2) is 0 Å². The van der Waals surface area contributed by atoms with Crippen LogP contribution in [0.4, 0.5) is 0 Å². The highest BCUT2D eigenvalue weighted by molar-refractivity contribution is 9.10. The van der Waals surface area contributed by atoms with Gasteiger partial charge in [-0.15, -0.1) is 0 Å². The highest BCUT2D eigenvalue weighted by Gasteiger charge is 2.10. The molecule has 2 aromatic carbocycles. The van der Waals surface area contributed by atoms with Crippen LogP contribution < -0.4 is 10.1 Å². The van der Waals surface area contributed by atoms with Crippen LogP contribution >= 0.6 is 31.9 Å². The number of ether oxygens (including phenoxy) is 1. The molecule has 0 heterocycles. The molecule has 106 valence electrons. The molecule has 2 rings (SSSR count). The Morgan fingerprint density at radius 2 is 1.90 bits per heavy atom. The van der Waals surface area contributed by atoms with Gasteiger partial charge in [-0.2, -0.15) is 0 Å². The highest BCUT2D eigenvalue weighted by atomic mass is 79.9. The molecule has 0 aromatic heterocycles. The minimum Gasteiger partial charge on any atom is -0.496 e. The van der Waals surface area contributed by atoms with Crippen molar-refractivity contribution in [3.8, 4) is 5.75 Å². The lowest BCUT2D eigenvalue weighted by molar-refractivity contribution is 0.406. The Bertz CT molecular complexity index is 586. The molecule has 0 radical (unpaired) electrons. The monoisotopic (exact) mass is 397 g/mol. The lowest BCUT2D eigenvalue weighted by Gasteiger charge is -2.17. The molecule has 0 aliphatic rings. The van der Waals surface area contributed by atoms with Gasteiger partial charge in [0.05, 0.1) is 7.11 Å². The largest absolute Gasteiger partial charge is 0.496 e. The van der Waals surface area contributed by atoms with E-state index in [4.69, 9.17) is 4.74 Å². The molecule has 0 aliphatic carbocycles. The molecule has 0 amide bonds. The first-order chi connectivity index (χ1) is 9.61. The van der Waals surface area contributed by atoms with E-state index in [2.05, 4.69) is 68.4 Å². The molecule has 0 unspecified atom stereocenters. The Kier molecular flexibility index (Phi) is 5.64. The van der Waals surface area contributed by atoms with E-state index in [-0.39, 0.29) is 6.04 Å². The molecular formula is C16H17Br2NO. The fourth-order valence-corrected chi connectivity index (χ4v) is 3.12. The maximum Gasteiger partial charge on any atom is 0.123 e. The maximum absolute atomic E-state index is 5.39. The second kappa shape index (κ2) is 7.25. The predicted octanol–water partition coefficient (Wildman–Crippen LogP) is 5.07. The Morgan fingerprint density at radius 3 is 2.60 bits per heavy atom. The predicted molar refractivity (Wildman–Crippen MR) is 90.1 cm³/mol. The Labute approximate surface area is 136 Å². The van der Waals surface area contributed by atoms with Gasteiger partial charge in [0, 0.05) is 27.1 Å². The van der Waals surface area contributed by atoms with E-state index < -0.39 is 0 Å². The quantitative estimate of drug-likeness (QED) is 0.758. The summed E-state index contributed by atoms with van der Waals surface area (Å²) in [6.07, 6.45) is 0. The summed E-state index contributed by atoms with van der Waals surface area (Å²) in [6.45, 7) is 2.91. The normalized spacial score (nSPS) is 12.2. The van der Waals surface area contributed by atoms with Crippen molar-refractivity contribution in [3.05, 3.63) is 62.5 Å². The fourth-order valence-electron chi connectivity index (χ4n) is 2.08. The van der Waals surface area contributed by atoms with Gasteiger partial charge in [-0.25, -0.2) is 0 Å². The van der Waals surface area contributed by atoms with Crippen molar-refractivity contribution in [1.82, 2.24) is 5.32 Å². The van der Waals surface area contributed by atoms with E-state index >= 15 is 0 Å². The summed E-state index contributed by atoms with van der Waals surface area (Å²) in [5.74, 6) is 0.903. The zero-order chi connectivity index (χ0) is 14.5. The van der Waals surface area contributed by atoms with Crippen molar-refractivity contribution in [2.75, 3.05) is 7.11 Å². The Balaban J connectivity index is 2.09. The van der Waals surface area contributed by atoms with Crippen LogP contribution in [0.15, 0.2) is 51.4 Å². The van der Waals surface area contributed by atoms with Crippen molar-refractivity contribution in [3.63, 3.8) is 0 Å². The summed E-state index contributed by atoms with van der Waals surface area (Å²) in [5.41, 5.74) is 2.39. The molecule has 0 bridgehead atoms. The Morgan fingerprint density at radius 1 is 1.15 bits per heavy atom. The van der Waals surface area contributed by atoms with Gasteiger partial charge >= 0.3 is 0 Å². The Hall–Kier alpha value is -0.840. The van der Waals surface area contributed by atoms with Gasteiger partial charge in [0.25, 0.3) is 0 Å². The molecule has 0 aliphatic heterocycles. The molecule has 0 saturated heterocycles. The number of hydrogen-bond acceptors (Lipinski definition) is 2. The minimum absolute atomic E-state index is 0.259. The van der Waals surface area contributed by atoms with E-state index in [1.54, 1.807) is 7.11 Å². The standard InChI is InChI=1S/C16H17Br2NO/c1-11(14-5-3-4-6-15(14)18)19-10-12-9-13(17)7-8-16(12)20-2/h3-9,11,19H,10H2,1-2H3/t11-/m0/s1. The molecule has 2 nitrogen and oxygen atoms in total. The molecule has 1 atom stereocenters. The van der Waals surface area contributed by atoms with E-state index in [1.165, 1.54) is 5.56 Å². The summed E-state index contributed by atoms with van der Waals surface area (Å²) in [6, 6.07) is 14.6. The van der Waals surface area contributed by atoms with Crippen molar-refractivity contribution >= 4 is 31.9 Å². The molecule has 0 spiro atoms. The van der Waals surface area contributed by atoms with E-state index in [0.29, 0.717) is 0 Å². The van der Waals surface area contributed by atoms with Crippen LogP contribution in [0.5, 0.6) is 5.75 Å². The number of methoxy groups -OCH3 is 1. The van der Waals surface area contributed by atoms with Crippen molar-refractivity contribution in [2.24, 2.45) is 0 Å². The number of halogens is 2. The number of nitrogens with one attached hydrogen (secondary N) is 1. The van der Waals surface area contributed by atoms with Crippen LogP contribution in [-0.2, 0) is 6.54 Å². The molecule has 0 fully saturated rings. The maximum atomic E-state index is 5.39. The summed E-state index contributed by atoms with van der Waals surface area (Å²) in [4.78, 5) is 0. The van der Waals surface area contributed by atoms with Crippen LogP contribution in [0.2, 0.25) is 0 Å². The van der Waals surface area contributed by atoms with Crippen LogP contribution in [0.3, 0.4) is 0 Å². The average molecular weight is 399 g/mol. The SMILES string of the molecule is COc1ccc(Br)cc1CN[C@@H](C)c1ccccc1Br. The third kappa shape index (κ3) is 3.84. The first-order valence-corrected chi connectivity index (χ1v) is 8.00. The number of rotatable bonds is 5. The molecule has 20 heavy (non-hydrogen) atoms. The molecule has 2 aromatic rings. The summed E-state index contributed by atoms with van der Waals surface area (Å²) in [7, 11) is 1.70. The van der Waals surface area contributed by atoms with Gasteiger partial charge in [-0.1, -0.05) is 50.1 Å². The zero-order valence-electron chi connectivity index (χ0n) is 11.5. The summed E-state index contributed by atoms with van der Waals surface area (Å²) in [5, 5.41) is 3.53. The van der Waals surface area contributed by atoms with Crippen molar-refractivity contribution in [1.29, 1.82) is 0 Å². The third-order valence-electron chi connectivity index (χ3n) is 3.21. The number of hydrogen-bond donors (Lipinski definition) is 1. The second-order valence-corrected chi connectivity index (χ2v) is 6.35. The van der Waals surface area contributed by atoms with Gasteiger partial charge in [0.2, 0.25) is 0 Å². The summed E-state index contributed by atoms with van der Waals surface area (Å²) >= 11 is 7.09. The molecular weight excluding hydrogens is 382 g/mol. The van der Waals surface area contributed by atoms with Crippen LogP contribution in [0, 0.1) is 0 Å². The molecule has 1 N–H and O–H groups in total. The highest BCUT2D eigenvalue weighted by Crippen LogP contribution is 2.26. The van der Waals surface area contributed by atoms with Crippen LogP contribution in [-0.4, -0.2) is 7.11 Å². The van der Waals surface area contributed by atoms with Gasteiger partial charge in [-0.05, 0) is 36.8 Å². The van der Waals surface area contributed by atoms with E-state index in [1.807, 2.05) is 18.2 Å². The van der Waals surface area contributed by atoms with Crippen LogP contribution in [0.25, 0.3) is 0 Å². The lowest BCUT2D eigenvalue weighted by atomic mass is 10.1. The van der Waals surface area contributed by atoms with E-state index in [0.717, 1.165) is 26.8 Å². The van der Waals surface area contributed by atoms with Crippen molar-refractivity contribution < 1.29 is 4.74 Å². The van der Waals surface area contributed by atoms with Crippen LogP contribution in [0.1, 0.15) is 24.1 Å². The minimum atomic E-state index is 0.259. The zero-order valence-corrected chi connectivity index (χ0v) is 14.7. The topological polar surface area (TPSA) is 21.3 Å². The first kappa shape index (κ1) is 15.5. The third-order valence-corrected chi connectivity index (χ3v) is 4.43. The molecule has 0 saturated carbocycles. The van der Waals surface area contributed by atoms with Gasteiger partial charge < -0.3 is 10.1 Å². The molecule has 4 heteroatoms. The van der Waals surface area contributed by atoms with E-state index in [9.17, 15) is 0 Å². The first-order valence-electron chi connectivity index (χ1n) is 6.42. The lowest BCUT2D eigenvalue weighted by Crippen LogP contribution is -2.18. The number of benzene rings is 2. The van der Waals surface area contributed by atoms with Gasteiger partial charge in [-0.3, -0.25) is 0 Å². The smallest absolute Gasteiger partial charge is 0.123 e. The van der Waals surface area contributed by atoms with Crippen molar-refractivity contribution in [2.45, 2.75) is 19.5 Å².